The van der Waals surface area contributed by atoms with E-state index in [4.69, 9.17) is 9.84 Å². The van der Waals surface area contributed by atoms with Gasteiger partial charge in [-0.15, -0.1) is 0 Å². The Morgan fingerprint density at radius 2 is 2.15 bits per heavy atom. The number of ether oxygens (including phenoxy) is 1. The molecule has 110 valence electrons. The number of halogens is 1. The fourth-order valence-electron chi connectivity index (χ4n) is 1.58. The third-order valence-electron chi connectivity index (χ3n) is 2.87. The Morgan fingerprint density at radius 1 is 1.50 bits per heavy atom. The van der Waals surface area contributed by atoms with Crippen LogP contribution in [0.4, 0.5) is 14.9 Å². The number of aromatic carboxylic acids is 1. The molecule has 20 heavy (non-hydrogen) atoms. The summed E-state index contributed by atoms with van der Waals surface area (Å²) in [5, 5.41) is 11.3. The summed E-state index contributed by atoms with van der Waals surface area (Å²) in [4.78, 5) is 24.3. The number of carboxylic acids is 1. The highest BCUT2D eigenvalue weighted by molar-refractivity contribution is 6.00. The van der Waals surface area contributed by atoms with Crippen LogP contribution < -0.4 is 5.32 Å². The highest BCUT2D eigenvalue weighted by Crippen LogP contribution is 2.20. The van der Waals surface area contributed by atoms with Gasteiger partial charge in [0.25, 0.3) is 0 Å². The molecule has 0 aliphatic carbocycles. The van der Waals surface area contributed by atoms with Gasteiger partial charge in [-0.3, -0.25) is 0 Å². The minimum atomic E-state index is -1.31. The van der Waals surface area contributed by atoms with Crippen molar-refractivity contribution in [3.8, 4) is 0 Å². The van der Waals surface area contributed by atoms with Crippen molar-refractivity contribution >= 4 is 17.7 Å². The van der Waals surface area contributed by atoms with Crippen molar-refractivity contribution in [2.75, 3.05) is 26.1 Å². The maximum absolute atomic E-state index is 13.7. The first kappa shape index (κ1) is 15.9. The lowest BCUT2D eigenvalue weighted by Crippen LogP contribution is -2.40. The SMILES string of the molecule is COCC(C)N(C)C(=O)Nc1c(F)cccc1C(=O)O. The molecule has 1 aromatic rings. The van der Waals surface area contributed by atoms with Gasteiger partial charge < -0.3 is 20.1 Å². The molecule has 0 fully saturated rings. The average Bonchev–Trinajstić information content (AvgIpc) is 2.39. The maximum atomic E-state index is 13.7. The summed E-state index contributed by atoms with van der Waals surface area (Å²) in [7, 11) is 3.02. The number of rotatable bonds is 5. The normalized spacial score (nSPS) is 11.8. The van der Waals surface area contributed by atoms with Gasteiger partial charge >= 0.3 is 12.0 Å². The van der Waals surface area contributed by atoms with Crippen LogP contribution in [0.1, 0.15) is 17.3 Å². The number of amides is 2. The molecule has 0 radical (unpaired) electrons. The maximum Gasteiger partial charge on any atom is 0.337 e. The second kappa shape index (κ2) is 6.85. The van der Waals surface area contributed by atoms with E-state index >= 15 is 0 Å². The molecule has 0 saturated heterocycles. The van der Waals surface area contributed by atoms with E-state index < -0.39 is 17.8 Å². The predicted molar refractivity (Wildman–Crippen MR) is 71.5 cm³/mol. The highest BCUT2D eigenvalue weighted by atomic mass is 19.1. The van der Waals surface area contributed by atoms with E-state index in [-0.39, 0.29) is 17.3 Å². The summed E-state index contributed by atoms with van der Waals surface area (Å²) in [5.74, 6) is -2.11. The molecule has 1 atom stereocenters. The van der Waals surface area contributed by atoms with E-state index in [2.05, 4.69) is 5.32 Å². The van der Waals surface area contributed by atoms with E-state index in [1.54, 1.807) is 6.92 Å². The van der Waals surface area contributed by atoms with Gasteiger partial charge in [0, 0.05) is 14.2 Å². The van der Waals surface area contributed by atoms with E-state index in [0.29, 0.717) is 6.61 Å². The number of anilines is 1. The van der Waals surface area contributed by atoms with Gasteiger partial charge in [-0.2, -0.15) is 0 Å². The Morgan fingerprint density at radius 3 is 2.70 bits per heavy atom. The summed E-state index contributed by atoms with van der Waals surface area (Å²) >= 11 is 0. The van der Waals surface area contributed by atoms with Crippen molar-refractivity contribution < 1.29 is 23.8 Å². The van der Waals surface area contributed by atoms with Gasteiger partial charge in [-0.1, -0.05) is 6.07 Å². The van der Waals surface area contributed by atoms with E-state index in [1.807, 2.05) is 0 Å². The second-order valence-corrected chi connectivity index (χ2v) is 4.31. The number of hydrogen-bond acceptors (Lipinski definition) is 3. The number of likely N-dealkylation sites (N-methyl/N-ethyl adjacent to an activating group) is 1. The topological polar surface area (TPSA) is 78.9 Å². The monoisotopic (exact) mass is 284 g/mol. The Hall–Kier alpha value is -2.15. The first-order valence-electron chi connectivity index (χ1n) is 5.93. The van der Waals surface area contributed by atoms with Gasteiger partial charge in [0.1, 0.15) is 5.82 Å². The molecule has 0 aliphatic heterocycles. The number of para-hydroxylation sites is 1. The number of urea groups is 1. The number of hydrogen-bond donors (Lipinski definition) is 2. The van der Waals surface area contributed by atoms with Crippen LogP contribution in [0, 0.1) is 5.82 Å². The number of carbonyl (C=O) groups excluding carboxylic acids is 1. The molecular formula is C13H17FN2O4. The van der Waals surface area contributed by atoms with Crippen molar-refractivity contribution in [1.29, 1.82) is 0 Å². The fraction of sp³-hybridized carbons (Fsp3) is 0.385. The third-order valence-corrected chi connectivity index (χ3v) is 2.87. The predicted octanol–water partition coefficient (Wildman–Crippen LogP) is 2.02. The molecule has 2 amide bonds. The molecule has 6 nitrogen and oxygen atoms in total. The zero-order valence-corrected chi connectivity index (χ0v) is 11.5. The van der Waals surface area contributed by atoms with Crippen molar-refractivity contribution in [3.63, 3.8) is 0 Å². The van der Waals surface area contributed by atoms with Crippen LogP contribution in [0.15, 0.2) is 18.2 Å². The van der Waals surface area contributed by atoms with Crippen LogP contribution in [-0.4, -0.2) is 48.8 Å². The van der Waals surface area contributed by atoms with E-state index in [0.717, 1.165) is 6.07 Å². The van der Waals surface area contributed by atoms with Crippen molar-refractivity contribution in [3.05, 3.63) is 29.6 Å². The molecule has 0 saturated carbocycles. The molecule has 1 rings (SSSR count). The summed E-state index contributed by atoms with van der Waals surface area (Å²) < 4.78 is 18.6. The third kappa shape index (κ3) is 3.67. The standard InChI is InChI=1S/C13H17FN2O4/c1-8(7-20-3)16(2)13(19)15-11-9(12(17)18)5-4-6-10(11)14/h4-6,8H,7H2,1-3H3,(H,15,19)(H,17,18). The number of methoxy groups -OCH3 is 1. The Kier molecular flexibility index (Phi) is 5.45. The van der Waals surface area contributed by atoms with Crippen molar-refractivity contribution in [1.82, 2.24) is 4.90 Å². The van der Waals surface area contributed by atoms with Crippen molar-refractivity contribution in [2.24, 2.45) is 0 Å². The average molecular weight is 284 g/mol. The largest absolute Gasteiger partial charge is 0.478 e. The number of carbonyl (C=O) groups is 2. The number of nitrogens with one attached hydrogen (secondary N) is 1. The van der Waals surface area contributed by atoms with Crippen LogP contribution in [0.3, 0.4) is 0 Å². The number of nitrogens with zero attached hydrogens (tertiary/aromatic N) is 1. The first-order valence-corrected chi connectivity index (χ1v) is 5.93. The highest BCUT2D eigenvalue weighted by Gasteiger charge is 2.20. The smallest absolute Gasteiger partial charge is 0.337 e. The van der Waals surface area contributed by atoms with Crippen LogP contribution in [0.25, 0.3) is 0 Å². The second-order valence-electron chi connectivity index (χ2n) is 4.31. The lowest BCUT2D eigenvalue weighted by Gasteiger charge is -2.25. The fourth-order valence-corrected chi connectivity index (χ4v) is 1.58. The van der Waals surface area contributed by atoms with Crippen LogP contribution >= 0.6 is 0 Å². The summed E-state index contributed by atoms with van der Waals surface area (Å²) in [6.07, 6.45) is 0. The molecule has 7 heteroatoms. The van der Waals surface area contributed by atoms with Gasteiger partial charge in [0.2, 0.25) is 0 Å². The first-order chi connectivity index (χ1) is 9.38. The lowest BCUT2D eigenvalue weighted by atomic mass is 10.1. The molecule has 0 aliphatic rings. The van der Waals surface area contributed by atoms with Gasteiger partial charge in [-0.05, 0) is 19.1 Å². The molecule has 0 heterocycles. The van der Waals surface area contributed by atoms with Gasteiger partial charge in [0.15, 0.2) is 0 Å². The molecule has 0 spiro atoms. The molecular weight excluding hydrogens is 267 g/mol. The van der Waals surface area contributed by atoms with Crippen molar-refractivity contribution in [2.45, 2.75) is 13.0 Å². The van der Waals surface area contributed by atoms with Crippen LogP contribution in [-0.2, 0) is 4.74 Å². The summed E-state index contributed by atoms with van der Waals surface area (Å²) in [5.41, 5.74) is -0.646. The van der Waals surface area contributed by atoms with Crippen LogP contribution in [0.2, 0.25) is 0 Å². The number of carboxylic acid groups (broad SMARTS) is 1. The zero-order valence-electron chi connectivity index (χ0n) is 11.5. The van der Waals surface area contributed by atoms with E-state index in [9.17, 15) is 14.0 Å². The Labute approximate surface area is 116 Å². The summed E-state index contributed by atoms with van der Waals surface area (Å²) in [6, 6.07) is 2.73. The quantitative estimate of drug-likeness (QED) is 0.867. The molecule has 1 aromatic carbocycles. The molecule has 0 aromatic heterocycles. The molecule has 0 bridgehead atoms. The molecule has 2 N–H and O–H groups in total. The zero-order chi connectivity index (χ0) is 15.3. The minimum absolute atomic E-state index is 0.236. The lowest BCUT2D eigenvalue weighted by molar-refractivity contribution is 0.0697. The number of benzene rings is 1. The van der Waals surface area contributed by atoms with Gasteiger partial charge in [0.05, 0.1) is 23.9 Å². The van der Waals surface area contributed by atoms with Crippen LogP contribution in [0.5, 0.6) is 0 Å². The summed E-state index contributed by atoms with van der Waals surface area (Å²) in [6.45, 7) is 2.06. The Bertz CT molecular complexity index is 507. The molecule has 1 unspecified atom stereocenters. The minimum Gasteiger partial charge on any atom is -0.478 e. The Balaban J connectivity index is 2.93. The van der Waals surface area contributed by atoms with Gasteiger partial charge in [-0.25, -0.2) is 14.0 Å². The van der Waals surface area contributed by atoms with E-state index in [1.165, 1.54) is 31.2 Å².